The number of fused-ring (bicyclic) bond motifs is 6. The van der Waals surface area contributed by atoms with E-state index in [9.17, 15) is 0 Å². The minimum atomic E-state index is -0.0635. The van der Waals surface area contributed by atoms with Crippen LogP contribution in [0.2, 0.25) is 0 Å². The first-order valence-corrected chi connectivity index (χ1v) is 18.8. The van der Waals surface area contributed by atoms with Crippen molar-refractivity contribution >= 4 is 38.4 Å². The molecule has 0 radical (unpaired) electrons. The summed E-state index contributed by atoms with van der Waals surface area (Å²) in [6, 6.07) is 55.1. The molecular formula is C50H35N3O2. The van der Waals surface area contributed by atoms with Crippen molar-refractivity contribution in [3.05, 3.63) is 210 Å². The molecule has 0 amide bonds. The molecule has 0 saturated carbocycles. The minimum Gasteiger partial charge on any atom is -0.449 e. The number of benzene rings is 7. The zero-order valence-electron chi connectivity index (χ0n) is 29.9. The van der Waals surface area contributed by atoms with Gasteiger partial charge in [0.15, 0.2) is 23.0 Å². The highest BCUT2D eigenvalue weighted by atomic mass is 16.6. The third kappa shape index (κ3) is 5.52. The number of ether oxygens (including phenoxy) is 2. The molecule has 0 saturated heterocycles. The molecule has 5 heteroatoms. The molecule has 3 aliphatic rings. The summed E-state index contributed by atoms with van der Waals surface area (Å²) in [5, 5.41) is 8.37. The Kier molecular flexibility index (Phi) is 7.30. The standard InChI is InChI=1S/C50H35N3O2/c1-3-11-34(12-4-1)42-30-43(52-50(51-42)36-13-5-2-6-14-36)35-21-19-32(20-22-35)33-23-25-39(26-24-33)53-44-28-38-16-8-7-15-37(38)27-40(44)41-29-48-49(31-45(41)53)55-47-18-10-9-17-46(47)54-48/h1-19,21-32,42H,20H2,(H,51,52). The van der Waals surface area contributed by atoms with Crippen LogP contribution < -0.4 is 14.8 Å². The molecule has 55 heavy (non-hydrogen) atoms. The predicted molar refractivity (Wildman–Crippen MR) is 223 cm³/mol. The van der Waals surface area contributed by atoms with Gasteiger partial charge in [0, 0.05) is 39.7 Å². The molecule has 5 nitrogen and oxygen atoms in total. The van der Waals surface area contributed by atoms with Crippen LogP contribution in [-0.4, -0.2) is 10.4 Å². The number of nitrogens with zero attached hydrogens (tertiary/aromatic N) is 2. The molecule has 8 aromatic rings. The van der Waals surface area contributed by atoms with Gasteiger partial charge in [0.05, 0.1) is 17.1 Å². The summed E-state index contributed by atoms with van der Waals surface area (Å²) in [5.74, 6) is 4.05. The average molecular weight is 710 g/mol. The molecule has 3 heterocycles. The fourth-order valence-corrected chi connectivity index (χ4v) is 8.21. The van der Waals surface area contributed by atoms with E-state index < -0.39 is 0 Å². The fraction of sp³-hybridized carbons (Fsp3) is 0.0600. The molecule has 2 unspecified atom stereocenters. The predicted octanol–water partition coefficient (Wildman–Crippen LogP) is 12.5. The molecule has 7 aromatic carbocycles. The second kappa shape index (κ2) is 12.8. The Hall–Kier alpha value is -7.11. The minimum absolute atomic E-state index is 0.0635. The Morgan fingerprint density at radius 2 is 1.22 bits per heavy atom. The number of hydrogen-bond donors (Lipinski definition) is 1. The largest absolute Gasteiger partial charge is 0.449 e. The van der Waals surface area contributed by atoms with Gasteiger partial charge < -0.3 is 19.4 Å². The van der Waals surface area contributed by atoms with E-state index >= 15 is 0 Å². The Morgan fingerprint density at radius 1 is 0.582 bits per heavy atom. The zero-order valence-corrected chi connectivity index (χ0v) is 29.9. The maximum Gasteiger partial charge on any atom is 0.172 e. The summed E-state index contributed by atoms with van der Waals surface area (Å²) in [7, 11) is 0. The van der Waals surface area contributed by atoms with Crippen molar-refractivity contribution in [2.45, 2.75) is 18.4 Å². The lowest BCUT2D eigenvalue weighted by Crippen LogP contribution is -2.29. The molecule has 0 bridgehead atoms. The number of allylic oxidation sites excluding steroid dienone is 3. The highest BCUT2D eigenvalue weighted by Crippen LogP contribution is 2.49. The third-order valence-corrected chi connectivity index (χ3v) is 11.0. The van der Waals surface area contributed by atoms with E-state index in [0.717, 1.165) is 62.9 Å². The van der Waals surface area contributed by atoms with Gasteiger partial charge in [0.25, 0.3) is 0 Å². The Labute approximate surface area is 318 Å². The molecule has 1 aliphatic carbocycles. The van der Waals surface area contributed by atoms with Crippen molar-refractivity contribution in [2.24, 2.45) is 4.99 Å². The van der Waals surface area contributed by atoms with Gasteiger partial charge in [-0.25, -0.2) is 0 Å². The van der Waals surface area contributed by atoms with Crippen LogP contribution in [0.5, 0.6) is 23.0 Å². The molecule has 2 aliphatic heterocycles. The summed E-state index contributed by atoms with van der Waals surface area (Å²) in [6.07, 6.45) is 10.1. The average Bonchev–Trinajstić information content (AvgIpc) is 3.56. The van der Waals surface area contributed by atoms with E-state index in [1.54, 1.807) is 0 Å². The lowest BCUT2D eigenvalue weighted by molar-refractivity contribution is 0.360. The summed E-state index contributed by atoms with van der Waals surface area (Å²) in [4.78, 5) is 5.10. The molecule has 11 rings (SSSR count). The Balaban J connectivity index is 0.922. The normalized spacial score (nSPS) is 17.3. The second-order valence-electron chi connectivity index (χ2n) is 14.4. The van der Waals surface area contributed by atoms with Crippen LogP contribution in [0.25, 0.3) is 38.3 Å². The van der Waals surface area contributed by atoms with Crippen LogP contribution in [0.4, 0.5) is 0 Å². The van der Waals surface area contributed by atoms with Crippen LogP contribution in [0, 0.1) is 0 Å². The molecule has 0 fully saturated rings. The molecular weight excluding hydrogens is 675 g/mol. The van der Waals surface area contributed by atoms with E-state index in [1.807, 2.05) is 30.3 Å². The number of para-hydroxylation sites is 2. The Morgan fingerprint density at radius 3 is 1.95 bits per heavy atom. The smallest absolute Gasteiger partial charge is 0.172 e. The van der Waals surface area contributed by atoms with Gasteiger partial charge in [0.1, 0.15) is 5.84 Å². The molecule has 0 spiro atoms. The number of rotatable bonds is 5. The maximum absolute atomic E-state index is 6.39. The first kappa shape index (κ1) is 31.4. The van der Waals surface area contributed by atoms with Gasteiger partial charge in [-0.3, -0.25) is 4.99 Å². The quantitative estimate of drug-likeness (QED) is 0.194. The number of nitrogens with one attached hydrogen (secondary N) is 1. The SMILES string of the molecule is C1=CC(c2ccc(-n3c4cc5c(cc4c4cc6ccccc6cc43)Oc3ccccc3O5)cc2)CC=C1C1=CC(c2ccccc2)N=C(c2ccccc2)N1. The molecule has 1 N–H and O–H groups in total. The molecule has 1 aromatic heterocycles. The van der Waals surface area contributed by atoms with E-state index in [1.165, 1.54) is 32.9 Å². The lowest BCUT2D eigenvalue weighted by Gasteiger charge is -2.25. The summed E-state index contributed by atoms with van der Waals surface area (Å²) >= 11 is 0. The summed E-state index contributed by atoms with van der Waals surface area (Å²) in [5.41, 5.74) is 9.14. The first-order valence-electron chi connectivity index (χ1n) is 18.8. The monoisotopic (exact) mass is 709 g/mol. The van der Waals surface area contributed by atoms with Crippen LogP contribution in [0.3, 0.4) is 0 Å². The Bertz CT molecular complexity index is 2920. The topological polar surface area (TPSA) is 47.8 Å². The molecule has 2 atom stereocenters. The van der Waals surface area contributed by atoms with Crippen molar-refractivity contribution in [3.8, 4) is 28.7 Å². The second-order valence-corrected chi connectivity index (χ2v) is 14.4. The summed E-state index contributed by atoms with van der Waals surface area (Å²) in [6.45, 7) is 0. The van der Waals surface area contributed by atoms with Gasteiger partial charge in [-0.2, -0.15) is 0 Å². The van der Waals surface area contributed by atoms with Crippen LogP contribution in [-0.2, 0) is 0 Å². The molecule has 262 valence electrons. The van der Waals surface area contributed by atoms with Crippen molar-refractivity contribution in [2.75, 3.05) is 0 Å². The van der Waals surface area contributed by atoms with Gasteiger partial charge in [-0.05, 0) is 82.4 Å². The van der Waals surface area contributed by atoms with Gasteiger partial charge in [-0.1, -0.05) is 127 Å². The van der Waals surface area contributed by atoms with E-state index in [2.05, 4.69) is 162 Å². The third-order valence-electron chi connectivity index (χ3n) is 11.0. The van der Waals surface area contributed by atoms with E-state index in [-0.39, 0.29) is 12.0 Å². The van der Waals surface area contributed by atoms with Crippen molar-refractivity contribution in [3.63, 3.8) is 0 Å². The number of amidine groups is 1. The highest BCUT2D eigenvalue weighted by Gasteiger charge is 2.24. The van der Waals surface area contributed by atoms with Gasteiger partial charge >= 0.3 is 0 Å². The lowest BCUT2D eigenvalue weighted by atomic mass is 9.88. The van der Waals surface area contributed by atoms with Crippen molar-refractivity contribution in [1.29, 1.82) is 0 Å². The first-order chi connectivity index (χ1) is 27.2. The maximum atomic E-state index is 6.39. The highest BCUT2D eigenvalue weighted by molar-refractivity contribution is 6.14. The van der Waals surface area contributed by atoms with Gasteiger partial charge in [-0.15, -0.1) is 0 Å². The fourth-order valence-electron chi connectivity index (χ4n) is 8.21. The summed E-state index contributed by atoms with van der Waals surface area (Å²) < 4.78 is 15.1. The van der Waals surface area contributed by atoms with E-state index in [0.29, 0.717) is 5.75 Å². The van der Waals surface area contributed by atoms with Crippen LogP contribution >= 0.6 is 0 Å². The van der Waals surface area contributed by atoms with Crippen LogP contribution in [0.1, 0.15) is 35.1 Å². The number of aromatic nitrogens is 1. The number of aliphatic imine (C=N–C) groups is 1. The van der Waals surface area contributed by atoms with Crippen molar-refractivity contribution < 1.29 is 9.47 Å². The number of hydrogen-bond acceptors (Lipinski definition) is 4. The van der Waals surface area contributed by atoms with Crippen molar-refractivity contribution in [1.82, 2.24) is 9.88 Å². The van der Waals surface area contributed by atoms with E-state index in [4.69, 9.17) is 14.5 Å². The van der Waals surface area contributed by atoms with Gasteiger partial charge in [0.2, 0.25) is 0 Å². The zero-order chi connectivity index (χ0) is 36.3. The van der Waals surface area contributed by atoms with Crippen LogP contribution in [0.15, 0.2) is 198 Å².